The van der Waals surface area contributed by atoms with E-state index in [1.54, 1.807) is 6.07 Å². The number of hydrogen-bond acceptors (Lipinski definition) is 3. The monoisotopic (exact) mass is 267 g/mol. The van der Waals surface area contributed by atoms with Crippen LogP contribution in [0, 0.1) is 12.3 Å². The molecule has 98 valence electrons. The van der Waals surface area contributed by atoms with E-state index in [9.17, 15) is 4.79 Å². The van der Waals surface area contributed by atoms with Gasteiger partial charge in [-0.15, -0.1) is 0 Å². The van der Waals surface area contributed by atoms with Gasteiger partial charge in [-0.2, -0.15) is 0 Å². The fourth-order valence-corrected chi connectivity index (χ4v) is 2.62. The van der Waals surface area contributed by atoms with Gasteiger partial charge in [-0.25, -0.2) is 9.97 Å². The summed E-state index contributed by atoms with van der Waals surface area (Å²) in [5, 5.41) is 0.134. The molecule has 0 aliphatic carbocycles. The molecule has 1 saturated heterocycles. The largest absolute Gasteiger partial charge is 0.337 e. The van der Waals surface area contributed by atoms with Crippen molar-refractivity contribution in [1.82, 2.24) is 14.9 Å². The molecule has 0 aromatic carbocycles. The molecule has 2 heterocycles. The van der Waals surface area contributed by atoms with E-state index in [-0.39, 0.29) is 16.6 Å². The highest BCUT2D eigenvalue weighted by molar-refractivity contribution is 6.28. The van der Waals surface area contributed by atoms with Gasteiger partial charge in [-0.05, 0) is 42.8 Å². The molecular weight excluding hydrogens is 250 g/mol. The van der Waals surface area contributed by atoms with Gasteiger partial charge in [0.1, 0.15) is 5.69 Å². The third kappa shape index (κ3) is 2.99. The predicted molar refractivity (Wildman–Crippen MR) is 70.7 cm³/mol. The van der Waals surface area contributed by atoms with Gasteiger partial charge in [0.25, 0.3) is 5.91 Å². The summed E-state index contributed by atoms with van der Waals surface area (Å²) in [5.74, 6) is -0.0461. The maximum absolute atomic E-state index is 12.4. The minimum absolute atomic E-state index is 0.0461. The highest BCUT2D eigenvalue weighted by Crippen LogP contribution is 2.29. The molecular formula is C13H18ClN3O. The summed E-state index contributed by atoms with van der Waals surface area (Å²) in [6, 6.07) is 1.69. The summed E-state index contributed by atoms with van der Waals surface area (Å²) in [4.78, 5) is 22.2. The Bertz CT molecular complexity index is 453. The Balaban J connectivity index is 2.20. The first-order chi connectivity index (χ1) is 8.37. The van der Waals surface area contributed by atoms with Gasteiger partial charge in [-0.3, -0.25) is 4.79 Å². The second-order valence-electron chi connectivity index (χ2n) is 5.66. The number of hydrogen-bond donors (Lipinski definition) is 0. The van der Waals surface area contributed by atoms with E-state index in [0.717, 1.165) is 31.6 Å². The first-order valence-corrected chi connectivity index (χ1v) is 6.56. The maximum atomic E-state index is 12.4. The summed E-state index contributed by atoms with van der Waals surface area (Å²) in [7, 11) is 0. The van der Waals surface area contributed by atoms with Crippen LogP contribution in [0.5, 0.6) is 0 Å². The van der Waals surface area contributed by atoms with Crippen molar-refractivity contribution in [3.05, 3.63) is 22.7 Å². The number of likely N-dealkylation sites (tertiary alicyclic amines) is 1. The number of carbonyl (C=O) groups excluding carboxylic acids is 1. The topological polar surface area (TPSA) is 46.1 Å². The lowest BCUT2D eigenvalue weighted by Crippen LogP contribution is -2.43. The van der Waals surface area contributed by atoms with Gasteiger partial charge in [0, 0.05) is 18.8 Å². The Labute approximate surface area is 112 Å². The fourth-order valence-electron chi connectivity index (χ4n) is 2.40. The second-order valence-corrected chi connectivity index (χ2v) is 6.00. The lowest BCUT2D eigenvalue weighted by molar-refractivity contribution is 0.0577. The summed E-state index contributed by atoms with van der Waals surface area (Å²) >= 11 is 5.80. The molecule has 0 unspecified atom stereocenters. The van der Waals surface area contributed by atoms with Crippen LogP contribution >= 0.6 is 11.6 Å². The van der Waals surface area contributed by atoms with Gasteiger partial charge < -0.3 is 4.90 Å². The van der Waals surface area contributed by atoms with Crippen molar-refractivity contribution in [3.8, 4) is 0 Å². The van der Waals surface area contributed by atoms with Crippen molar-refractivity contribution in [2.45, 2.75) is 33.6 Å². The van der Waals surface area contributed by atoms with Crippen LogP contribution in [0.15, 0.2) is 6.07 Å². The molecule has 0 atom stereocenters. The lowest BCUT2D eigenvalue weighted by Gasteiger charge is -2.37. The summed E-state index contributed by atoms with van der Waals surface area (Å²) < 4.78 is 0. The lowest BCUT2D eigenvalue weighted by atomic mass is 9.84. The zero-order valence-corrected chi connectivity index (χ0v) is 11.8. The normalized spacial score (nSPS) is 18.8. The zero-order chi connectivity index (χ0) is 13.3. The van der Waals surface area contributed by atoms with Gasteiger partial charge >= 0.3 is 0 Å². The van der Waals surface area contributed by atoms with Crippen LogP contribution in [-0.2, 0) is 0 Å². The quantitative estimate of drug-likeness (QED) is 0.735. The molecule has 1 amide bonds. The number of piperidine rings is 1. The van der Waals surface area contributed by atoms with Crippen LogP contribution in [-0.4, -0.2) is 33.9 Å². The molecule has 0 N–H and O–H groups in total. The van der Waals surface area contributed by atoms with Crippen LogP contribution in [0.4, 0.5) is 0 Å². The maximum Gasteiger partial charge on any atom is 0.272 e. The molecule has 0 spiro atoms. The number of rotatable bonds is 1. The van der Waals surface area contributed by atoms with Crippen molar-refractivity contribution >= 4 is 17.5 Å². The molecule has 1 fully saturated rings. The highest BCUT2D eigenvalue weighted by Gasteiger charge is 2.30. The SMILES string of the molecule is Cc1cc(C(=O)N2CCCC(C)(C)C2)nc(Cl)n1. The molecule has 1 aromatic heterocycles. The molecule has 1 aliphatic rings. The van der Waals surface area contributed by atoms with E-state index in [0.29, 0.717) is 5.69 Å². The van der Waals surface area contributed by atoms with Gasteiger partial charge in [0.2, 0.25) is 5.28 Å². The van der Waals surface area contributed by atoms with E-state index < -0.39 is 0 Å². The summed E-state index contributed by atoms with van der Waals surface area (Å²) in [5.41, 5.74) is 1.29. The van der Waals surface area contributed by atoms with Crippen molar-refractivity contribution in [2.75, 3.05) is 13.1 Å². The first-order valence-electron chi connectivity index (χ1n) is 6.18. The molecule has 0 saturated carbocycles. The molecule has 18 heavy (non-hydrogen) atoms. The number of carbonyl (C=O) groups is 1. The van der Waals surface area contributed by atoms with Crippen LogP contribution in [0.1, 0.15) is 42.9 Å². The Morgan fingerprint density at radius 2 is 2.17 bits per heavy atom. The molecule has 2 rings (SSSR count). The smallest absolute Gasteiger partial charge is 0.272 e. The van der Waals surface area contributed by atoms with Crippen molar-refractivity contribution in [3.63, 3.8) is 0 Å². The van der Waals surface area contributed by atoms with Gasteiger partial charge in [-0.1, -0.05) is 13.8 Å². The van der Waals surface area contributed by atoms with Crippen molar-refractivity contribution < 1.29 is 4.79 Å². The minimum Gasteiger partial charge on any atom is -0.337 e. The Hall–Kier alpha value is -1.16. The van der Waals surface area contributed by atoms with Crippen molar-refractivity contribution in [1.29, 1.82) is 0 Å². The average Bonchev–Trinajstić information content (AvgIpc) is 2.25. The van der Waals surface area contributed by atoms with E-state index in [2.05, 4.69) is 23.8 Å². The minimum atomic E-state index is -0.0461. The van der Waals surface area contributed by atoms with Crippen LogP contribution in [0.25, 0.3) is 0 Å². The van der Waals surface area contributed by atoms with E-state index in [1.807, 2.05) is 11.8 Å². The van der Waals surface area contributed by atoms with Crippen molar-refractivity contribution in [2.24, 2.45) is 5.41 Å². The molecule has 1 aliphatic heterocycles. The number of amides is 1. The number of halogens is 1. The van der Waals surface area contributed by atoms with Crippen LogP contribution < -0.4 is 0 Å². The molecule has 5 heteroatoms. The molecule has 0 bridgehead atoms. The number of aromatic nitrogens is 2. The van der Waals surface area contributed by atoms with E-state index in [1.165, 1.54) is 0 Å². The molecule has 4 nitrogen and oxygen atoms in total. The highest BCUT2D eigenvalue weighted by atomic mass is 35.5. The third-order valence-corrected chi connectivity index (χ3v) is 3.40. The zero-order valence-electron chi connectivity index (χ0n) is 11.0. The van der Waals surface area contributed by atoms with Crippen LogP contribution in [0.2, 0.25) is 5.28 Å². The summed E-state index contributed by atoms with van der Waals surface area (Å²) in [6.45, 7) is 7.75. The average molecular weight is 268 g/mol. The number of aryl methyl sites for hydroxylation is 1. The fraction of sp³-hybridized carbons (Fsp3) is 0.615. The molecule has 0 radical (unpaired) electrons. The van der Waals surface area contributed by atoms with E-state index >= 15 is 0 Å². The Kier molecular flexibility index (Phi) is 3.57. The first kappa shape index (κ1) is 13.3. The summed E-state index contributed by atoms with van der Waals surface area (Å²) in [6.07, 6.45) is 2.19. The Morgan fingerprint density at radius 3 is 2.78 bits per heavy atom. The van der Waals surface area contributed by atoms with Gasteiger partial charge in [0.15, 0.2) is 0 Å². The number of nitrogens with zero attached hydrogens (tertiary/aromatic N) is 3. The standard InChI is InChI=1S/C13H18ClN3O/c1-9-7-10(16-12(14)15-9)11(18)17-6-4-5-13(2,3)8-17/h7H,4-6,8H2,1-3H3. The molecule has 1 aromatic rings. The third-order valence-electron chi connectivity index (χ3n) is 3.23. The predicted octanol–water partition coefficient (Wildman–Crippen LogP) is 2.70. The van der Waals surface area contributed by atoms with Crippen LogP contribution in [0.3, 0.4) is 0 Å². The van der Waals surface area contributed by atoms with Gasteiger partial charge in [0.05, 0.1) is 0 Å². The second kappa shape index (κ2) is 4.84. The van der Waals surface area contributed by atoms with E-state index in [4.69, 9.17) is 11.6 Å². The Morgan fingerprint density at radius 1 is 1.44 bits per heavy atom.